The molecule has 0 saturated heterocycles. The first-order chi connectivity index (χ1) is 9.70. The number of anilines is 1. The van der Waals surface area contributed by atoms with E-state index in [0.717, 1.165) is 29.2 Å². The molecule has 2 heterocycles. The first-order valence-electron chi connectivity index (χ1n) is 6.64. The standard InChI is InChI=1S/C15H17N5/c1-3-19-15(14(16)11(2)18-19)20-10-13(9-17-20)12-7-5-4-6-8-12/h4-10H,3,16H2,1-2H3. The van der Waals surface area contributed by atoms with Crippen LogP contribution in [0.4, 0.5) is 5.69 Å². The monoisotopic (exact) mass is 267 g/mol. The lowest BCUT2D eigenvalue weighted by atomic mass is 10.1. The lowest BCUT2D eigenvalue weighted by molar-refractivity contribution is 0.618. The van der Waals surface area contributed by atoms with Crippen LogP contribution < -0.4 is 5.73 Å². The van der Waals surface area contributed by atoms with E-state index >= 15 is 0 Å². The molecule has 0 aliphatic heterocycles. The zero-order valence-corrected chi connectivity index (χ0v) is 11.6. The van der Waals surface area contributed by atoms with Gasteiger partial charge in [-0.3, -0.25) is 0 Å². The third-order valence-electron chi connectivity index (χ3n) is 3.35. The van der Waals surface area contributed by atoms with E-state index in [1.54, 1.807) is 4.68 Å². The molecule has 0 radical (unpaired) electrons. The Balaban J connectivity index is 2.07. The molecular weight excluding hydrogens is 250 g/mol. The minimum atomic E-state index is 0.676. The van der Waals surface area contributed by atoms with Gasteiger partial charge in [0, 0.05) is 18.3 Å². The van der Waals surface area contributed by atoms with Crippen LogP contribution in [0.25, 0.3) is 16.9 Å². The first-order valence-corrected chi connectivity index (χ1v) is 6.64. The van der Waals surface area contributed by atoms with Gasteiger partial charge in [-0.25, -0.2) is 9.36 Å². The Morgan fingerprint density at radius 2 is 1.90 bits per heavy atom. The summed E-state index contributed by atoms with van der Waals surface area (Å²) in [4.78, 5) is 0. The molecule has 0 amide bonds. The number of aromatic nitrogens is 4. The predicted octanol–water partition coefficient (Wildman–Crippen LogP) is 2.65. The van der Waals surface area contributed by atoms with Gasteiger partial charge in [0.05, 0.1) is 17.6 Å². The van der Waals surface area contributed by atoms with Gasteiger partial charge in [-0.1, -0.05) is 30.3 Å². The van der Waals surface area contributed by atoms with E-state index in [9.17, 15) is 0 Å². The van der Waals surface area contributed by atoms with Gasteiger partial charge in [0.2, 0.25) is 0 Å². The highest BCUT2D eigenvalue weighted by Gasteiger charge is 2.14. The molecule has 5 heteroatoms. The lowest BCUT2D eigenvalue weighted by Crippen LogP contribution is -2.07. The summed E-state index contributed by atoms with van der Waals surface area (Å²) in [5.41, 5.74) is 9.82. The van der Waals surface area contributed by atoms with Crippen molar-refractivity contribution in [2.45, 2.75) is 20.4 Å². The fourth-order valence-electron chi connectivity index (χ4n) is 2.26. The van der Waals surface area contributed by atoms with E-state index in [-0.39, 0.29) is 0 Å². The van der Waals surface area contributed by atoms with Crippen LogP contribution in [-0.4, -0.2) is 19.6 Å². The molecule has 0 fully saturated rings. The van der Waals surface area contributed by atoms with E-state index in [2.05, 4.69) is 22.3 Å². The van der Waals surface area contributed by atoms with Crippen molar-refractivity contribution in [2.75, 3.05) is 5.73 Å². The average molecular weight is 267 g/mol. The van der Waals surface area contributed by atoms with Crippen molar-refractivity contribution in [2.24, 2.45) is 0 Å². The van der Waals surface area contributed by atoms with Gasteiger partial charge < -0.3 is 5.73 Å². The van der Waals surface area contributed by atoms with Gasteiger partial charge in [-0.2, -0.15) is 10.2 Å². The smallest absolute Gasteiger partial charge is 0.175 e. The van der Waals surface area contributed by atoms with Crippen LogP contribution in [0.5, 0.6) is 0 Å². The molecule has 0 aliphatic rings. The highest BCUT2D eigenvalue weighted by atomic mass is 15.4. The highest BCUT2D eigenvalue weighted by Crippen LogP contribution is 2.24. The van der Waals surface area contributed by atoms with E-state index in [4.69, 9.17) is 5.73 Å². The summed E-state index contributed by atoms with van der Waals surface area (Å²) in [5, 5.41) is 8.84. The van der Waals surface area contributed by atoms with Crippen molar-refractivity contribution in [1.29, 1.82) is 0 Å². The second kappa shape index (κ2) is 4.85. The van der Waals surface area contributed by atoms with Crippen LogP contribution >= 0.6 is 0 Å². The molecule has 3 aromatic rings. The van der Waals surface area contributed by atoms with Gasteiger partial charge in [0.1, 0.15) is 0 Å². The largest absolute Gasteiger partial charge is 0.394 e. The summed E-state index contributed by atoms with van der Waals surface area (Å²) >= 11 is 0. The Hall–Kier alpha value is -2.56. The molecule has 2 aromatic heterocycles. The molecule has 3 rings (SSSR count). The molecule has 0 spiro atoms. The Labute approximate surface area is 117 Å². The molecule has 1 aromatic carbocycles. The zero-order valence-electron chi connectivity index (χ0n) is 11.6. The van der Waals surface area contributed by atoms with Gasteiger partial charge in [-0.05, 0) is 19.4 Å². The summed E-state index contributed by atoms with van der Waals surface area (Å²) in [6.45, 7) is 4.71. The SMILES string of the molecule is CCn1nc(C)c(N)c1-n1cc(-c2ccccc2)cn1. The molecule has 0 aliphatic carbocycles. The zero-order chi connectivity index (χ0) is 14.1. The first kappa shape index (κ1) is 12.5. The van der Waals surface area contributed by atoms with Crippen molar-refractivity contribution in [3.63, 3.8) is 0 Å². The van der Waals surface area contributed by atoms with Crippen LogP contribution in [0.2, 0.25) is 0 Å². The maximum atomic E-state index is 6.11. The number of nitrogen functional groups attached to an aromatic ring is 1. The van der Waals surface area contributed by atoms with Crippen LogP contribution in [0, 0.1) is 6.92 Å². The number of hydrogen-bond acceptors (Lipinski definition) is 3. The second-order valence-electron chi connectivity index (χ2n) is 4.68. The van der Waals surface area contributed by atoms with Crippen LogP contribution in [-0.2, 0) is 6.54 Å². The molecular formula is C15H17N5. The third kappa shape index (κ3) is 1.97. The number of nitrogens with two attached hydrogens (primary N) is 1. The van der Waals surface area contributed by atoms with Crippen molar-refractivity contribution in [1.82, 2.24) is 19.6 Å². The maximum Gasteiger partial charge on any atom is 0.175 e. The minimum absolute atomic E-state index is 0.676. The average Bonchev–Trinajstić information content (AvgIpc) is 3.06. The van der Waals surface area contributed by atoms with Crippen LogP contribution in [0.1, 0.15) is 12.6 Å². The Bertz CT molecular complexity index is 724. The van der Waals surface area contributed by atoms with Gasteiger partial charge >= 0.3 is 0 Å². The lowest BCUT2D eigenvalue weighted by Gasteiger charge is -2.05. The Morgan fingerprint density at radius 3 is 2.60 bits per heavy atom. The topological polar surface area (TPSA) is 61.7 Å². The van der Waals surface area contributed by atoms with E-state index in [0.29, 0.717) is 5.69 Å². The number of benzene rings is 1. The van der Waals surface area contributed by atoms with E-state index in [1.165, 1.54) is 0 Å². The number of rotatable bonds is 3. The van der Waals surface area contributed by atoms with E-state index < -0.39 is 0 Å². The molecule has 20 heavy (non-hydrogen) atoms. The minimum Gasteiger partial charge on any atom is -0.394 e. The maximum absolute atomic E-state index is 6.11. The van der Waals surface area contributed by atoms with E-state index in [1.807, 2.05) is 49.1 Å². The Morgan fingerprint density at radius 1 is 1.15 bits per heavy atom. The number of hydrogen-bond donors (Lipinski definition) is 1. The third-order valence-corrected chi connectivity index (χ3v) is 3.35. The normalized spacial score (nSPS) is 10.9. The van der Waals surface area contributed by atoms with Gasteiger partial charge in [0.15, 0.2) is 5.82 Å². The van der Waals surface area contributed by atoms with Crippen molar-refractivity contribution in [3.8, 4) is 16.9 Å². The molecule has 2 N–H and O–H groups in total. The molecule has 0 unspecified atom stereocenters. The quantitative estimate of drug-likeness (QED) is 0.793. The number of nitrogens with zero attached hydrogens (tertiary/aromatic N) is 4. The van der Waals surface area contributed by atoms with Gasteiger partial charge in [-0.15, -0.1) is 0 Å². The van der Waals surface area contributed by atoms with Crippen molar-refractivity contribution in [3.05, 3.63) is 48.4 Å². The summed E-state index contributed by atoms with van der Waals surface area (Å²) in [6.07, 6.45) is 3.82. The second-order valence-corrected chi connectivity index (χ2v) is 4.68. The van der Waals surface area contributed by atoms with Crippen LogP contribution in [0.3, 0.4) is 0 Å². The molecule has 0 saturated carbocycles. The molecule has 0 atom stereocenters. The highest BCUT2D eigenvalue weighted by molar-refractivity contribution is 5.63. The summed E-state index contributed by atoms with van der Waals surface area (Å²) in [5.74, 6) is 0.826. The molecule has 5 nitrogen and oxygen atoms in total. The van der Waals surface area contributed by atoms with Crippen molar-refractivity contribution >= 4 is 5.69 Å². The summed E-state index contributed by atoms with van der Waals surface area (Å²) in [7, 11) is 0. The van der Waals surface area contributed by atoms with Gasteiger partial charge in [0.25, 0.3) is 0 Å². The summed E-state index contributed by atoms with van der Waals surface area (Å²) < 4.78 is 3.66. The fraction of sp³-hybridized carbons (Fsp3) is 0.200. The summed E-state index contributed by atoms with van der Waals surface area (Å²) in [6, 6.07) is 10.2. The molecule has 102 valence electrons. The Kier molecular flexibility index (Phi) is 3.02. The molecule has 0 bridgehead atoms. The predicted molar refractivity (Wildman–Crippen MR) is 79.6 cm³/mol. The van der Waals surface area contributed by atoms with Crippen molar-refractivity contribution < 1.29 is 0 Å². The van der Waals surface area contributed by atoms with Crippen LogP contribution in [0.15, 0.2) is 42.7 Å². The number of aryl methyl sites for hydroxylation is 2. The fourth-order valence-corrected chi connectivity index (χ4v) is 2.26.